The molecule has 7 heteroatoms. The van der Waals surface area contributed by atoms with Gasteiger partial charge in [0.15, 0.2) is 5.76 Å². The van der Waals surface area contributed by atoms with Gasteiger partial charge in [0.25, 0.3) is 5.91 Å². The first-order valence-corrected chi connectivity index (χ1v) is 6.64. The van der Waals surface area contributed by atoms with E-state index in [-0.39, 0.29) is 12.3 Å². The number of carbonyl (C=O) groups excluding carboxylic acids is 1. The number of furan rings is 1. The fourth-order valence-electron chi connectivity index (χ4n) is 2.67. The lowest BCUT2D eigenvalue weighted by Gasteiger charge is -2.35. The van der Waals surface area contributed by atoms with E-state index in [0.717, 1.165) is 18.9 Å². The second-order valence-electron chi connectivity index (χ2n) is 5.50. The Hall–Kier alpha value is -1.89. The van der Waals surface area contributed by atoms with Crippen LogP contribution in [0.5, 0.6) is 0 Å². The number of rotatable bonds is 4. The molecule has 0 bridgehead atoms. The van der Waals surface area contributed by atoms with Crippen molar-refractivity contribution < 1.29 is 19.2 Å². The Kier molecular flexibility index (Phi) is 4.08. The smallest absolute Gasteiger partial charge is 0.395 e. The van der Waals surface area contributed by atoms with Gasteiger partial charge in [-0.05, 0) is 24.8 Å². The Bertz CT molecular complexity index is 513. The van der Waals surface area contributed by atoms with Gasteiger partial charge in [-0.1, -0.05) is 19.8 Å². The van der Waals surface area contributed by atoms with Crippen molar-refractivity contribution >= 4 is 11.8 Å². The van der Waals surface area contributed by atoms with E-state index in [0.29, 0.717) is 18.8 Å². The van der Waals surface area contributed by atoms with Gasteiger partial charge in [0, 0.05) is 6.54 Å². The lowest BCUT2D eigenvalue weighted by atomic mass is 9.79. The van der Waals surface area contributed by atoms with Gasteiger partial charge in [0.2, 0.25) is 0 Å². The molecule has 0 saturated heterocycles. The highest BCUT2D eigenvalue weighted by Crippen LogP contribution is 2.31. The molecule has 0 spiro atoms. The van der Waals surface area contributed by atoms with Crippen LogP contribution in [0.1, 0.15) is 43.2 Å². The molecular weight excluding hydrogens is 264 g/mol. The van der Waals surface area contributed by atoms with Crippen LogP contribution in [-0.4, -0.2) is 28.1 Å². The van der Waals surface area contributed by atoms with Crippen LogP contribution in [0.15, 0.2) is 16.5 Å². The summed E-state index contributed by atoms with van der Waals surface area (Å²) in [7, 11) is 0. The summed E-state index contributed by atoms with van der Waals surface area (Å²) >= 11 is 0. The topological polar surface area (TPSA) is 106 Å². The third kappa shape index (κ3) is 3.36. The van der Waals surface area contributed by atoms with Gasteiger partial charge in [-0.25, -0.2) is 0 Å². The van der Waals surface area contributed by atoms with E-state index < -0.39 is 22.3 Å². The number of hydrogen-bond acceptors (Lipinski definition) is 5. The molecule has 1 amide bonds. The number of nitrogens with one attached hydrogen (secondary N) is 1. The van der Waals surface area contributed by atoms with Gasteiger partial charge in [-0.15, -0.1) is 0 Å². The Labute approximate surface area is 116 Å². The monoisotopic (exact) mass is 282 g/mol. The summed E-state index contributed by atoms with van der Waals surface area (Å²) in [6.45, 7) is 2.20. The summed E-state index contributed by atoms with van der Waals surface area (Å²) in [5, 5.41) is 23.4. The van der Waals surface area contributed by atoms with Crippen molar-refractivity contribution in [2.75, 3.05) is 6.54 Å². The maximum absolute atomic E-state index is 11.8. The average Bonchev–Trinajstić information content (AvgIpc) is 2.85. The van der Waals surface area contributed by atoms with Crippen LogP contribution in [0.2, 0.25) is 0 Å². The largest absolute Gasteiger partial charge is 0.433 e. The lowest BCUT2D eigenvalue weighted by Crippen LogP contribution is -2.45. The molecule has 1 aliphatic carbocycles. The maximum Gasteiger partial charge on any atom is 0.433 e. The minimum absolute atomic E-state index is 0.121. The van der Waals surface area contributed by atoms with Gasteiger partial charge >= 0.3 is 5.88 Å². The fourth-order valence-corrected chi connectivity index (χ4v) is 2.67. The molecule has 0 aliphatic heterocycles. The summed E-state index contributed by atoms with van der Waals surface area (Å²) in [4.78, 5) is 21.6. The molecule has 110 valence electrons. The maximum atomic E-state index is 11.8. The Morgan fingerprint density at radius 2 is 2.40 bits per heavy atom. The van der Waals surface area contributed by atoms with Crippen molar-refractivity contribution in [3.8, 4) is 0 Å². The molecule has 2 unspecified atom stereocenters. The summed E-state index contributed by atoms with van der Waals surface area (Å²) in [5.41, 5.74) is -0.897. The van der Waals surface area contributed by atoms with Gasteiger partial charge in [0.1, 0.15) is 4.92 Å². The predicted octanol–water partition coefficient (Wildman–Crippen LogP) is 1.86. The van der Waals surface area contributed by atoms with Crippen LogP contribution in [-0.2, 0) is 0 Å². The number of carbonyl (C=O) groups is 1. The molecule has 1 heterocycles. The molecular formula is C13H18N2O5. The number of nitrogens with zero attached hydrogens (tertiary/aromatic N) is 1. The van der Waals surface area contributed by atoms with E-state index >= 15 is 0 Å². The van der Waals surface area contributed by atoms with E-state index in [4.69, 9.17) is 4.42 Å². The second-order valence-corrected chi connectivity index (χ2v) is 5.50. The van der Waals surface area contributed by atoms with Gasteiger partial charge in [-0.3, -0.25) is 14.9 Å². The van der Waals surface area contributed by atoms with Crippen molar-refractivity contribution in [1.82, 2.24) is 5.32 Å². The van der Waals surface area contributed by atoms with Crippen molar-refractivity contribution in [3.05, 3.63) is 28.0 Å². The first-order valence-electron chi connectivity index (χ1n) is 6.64. The molecule has 20 heavy (non-hydrogen) atoms. The van der Waals surface area contributed by atoms with Gasteiger partial charge < -0.3 is 14.8 Å². The van der Waals surface area contributed by atoms with E-state index in [1.165, 1.54) is 6.07 Å². The quantitative estimate of drug-likeness (QED) is 0.647. The van der Waals surface area contributed by atoms with Crippen molar-refractivity contribution in [3.63, 3.8) is 0 Å². The third-order valence-electron chi connectivity index (χ3n) is 3.64. The third-order valence-corrected chi connectivity index (χ3v) is 3.64. The Morgan fingerprint density at radius 3 is 3.00 bits per heavy atom. The molecule has 1 aromatic heterocycles. The van der Waals surface area contributed by atoms with Crippen LogP contribution in [0.25, 0.3) is 0 Å². The summed E-state index contributed by atoms with van der Waals surface area (Å²) < 4.78 is 4.81. The molecule has 0 radical (unpaired) electrons. The second kappa shape index (κ2) is 5.62. The van der Waals surface area contributed by atoms with Crippen LogP contribution in [0.3, 0.4) is 0 Å². The van der Waals surface area contributed by atoms with E-state index in [1.807, 2.05) is 0 Å². The normalized spacial score (nSPS) is 26.2. The van der Waals surface area contributed by atoms with E-state index in [9.17, 15) is 20.0 Å². The standard InChI is InChI=1S/C13H18N2O5/c1-9-3-2-6-13(17,7-9)8-14-12(16)10-4-5-11(20-10)15(18)19/h4-5,9,17H,2-3,6-8H2,1H3,(H,14,16). The SMILES string of the molecule is CC1CCCC(O)(CNC(=O)c2ccc([N+](=O)[O-])o2)C1. The Balaban J connectivity index is 1.92. The van der Waals surface area contributed by atoms with Crippen LogP contribution in [0, 0.1) is 16.0 Å². The molecule has 7 nitrogen and oxygen atoms in total. The first-order chi connectivity index (χ1) is 9.39. The van der Waals surface area contributed by atoms with Crippen molar-refractivity contribution in [1.29, 1.82) is 0 Å². The number of hydrogen-bond donors (Lipinski definition) is 2. The highest BCUT2D eigenvalue weighted by Gasteiger charge is 2.33. The van der Waals surface area contributed by atoms with Crippen LogP contribution < -0.4 is 5.32 Å². The van der Waals surface area contributed by atoms with Gasteiger partial charge in [0.05, 0.1) is 11.7 Å². The van der Waals surface area contributed by atoms with Crippen LogP contribution in [0.4, 0.5) is 5.88 Å². The Morgan fingerprint density at radius 1 is 1.65 bits per heavy atom. The summed E-state index contributed by atoms with van der Waals surface area (Å²) in [5.74, 6) is -0.718. The predicted molar refractivity (Wildman–Crippen MR) is 70.3 cm³/mol. The zero-order valence-corrected chi connectivity index (χ0v) is 11.3. The lowest BCUT2D eigenvalue weighted by molar-refractivity contribution is -0.402. The molecule has 1 saturated carbocycles. The number of amides is 1. The number of nitro groups is 1. The highest BCUT2D eigenvalue weighted by atomic mass is 16.6. The molecule has 2 N–H and O–H groups in total. The number of aliphatic hydroxyl groups is 1. The molecule has 2 atom stereocenters. The molecule has 1 fully saturated rings. The molecule has 2 rings (SSSR count). The van der Waals surface area contributed by atoms with E-state index in [1.54, 1.807) is 0 Å². The zero-order valence-electron chi connectivity index (χ0n) is 11.3. The average molecular weight is 282 g/mol. The van der Waals surface area contributed by atoms with Crippen molar-refractivity contribution in [2.24, 2.45) is 5.92 Å². The van der Waals surface area contributed by atoms with E-state index in [2.05, 4.69) is 12.2 Å². The zero-order chi connectivity index (χ0) is 14.8. The van der Waals surface area contributed by atoms with Crippen LogP contribution >= 0.6 is 0 Å². The minimum atomic E-state index is -0.897. The fraction of sp³-hybridized carbons (Fsp3) is 0.615. The highest BCUT2D eigenvalue weighted by molar-refractivity contribution is 5.91. The molecule has 1 aromatic rings. The molecule has 1 aliphatic rings. The first kappa shape index (κ1) is 14.5. The summed E-state index contributed by atoms with van der Waals surface area (Å²) in [6, 6.07) is 2.38. The summed E-state index contributed by atoms with van der Waals surface area (Å²) in [6.07, 6.45) is 3.31. The van der Waals surface area contributed by atoms with Gasteiger partial charge in [-0.2, -0.15) is 0 Å². The minimum Gasteiger partial charge on any atom is -0.395 e. The molecule has 0 aromatic carbocycles. The van der Waals surface area contributed by atoms with Crippen molar-refractivity contribution in [2.45, 2.75) is 38.2 Å².